The SMILES string of the molecule is CCCC(N)c1cc(OCC)ccc1Cl. The summed E-state index contributed by atoms with van der Waals surface area (Å²) in [7, 11) is 0. The fourth-order valence-electron chi connectivity index (χ4n) is 1.53. The van der Waals surface area contributed by atoms with E-state index in [1.54, 1.807) is 0 Å². The molecule has 1 aromatic rings. The molecule has 0 aliphatic rings. The monoisotopic (exact) mass is 227 g/mol. The van der Waals surface area contributed by atoms with Crippen LogP contribution in [0.5, 0.6) is 5.75 Å². The van der Waals surface area contributed by atoms with Crippen molar-refractivity contribution in [1.82, 2.24) is 0 Å². The van der Waals surface area contributed by atoms with E-state index in [4.69, 9.17) is 22.1 Å². The van der Waals surface area contributed by atoms with E-state index in [1.807, 2.05) is 25.1 Å². The van der Waals surface area contributed by atoms with Crippen LogP contribution in [0.15, 0.2) is 18.2 Å². The van der Waals surface area contributed by atoms with Crippen molar-refractivity contribution in [2.24, 2.45) is 5.73 Å². The summed E-state index contributed by atoms with van der Waals surface area (Å²) in [5.74, 6) is 0.837. The zero-order valence-corrected chi connectivity index (χ0v) is 10.1. The molecule has 1 unspecified atom stereocenters. The Morgan fingerprint density at radius 3 is 2.73 bits per heavy atom. The average Bonchev–Trinajstić information content (AvgIpc) is 2.21. The molecule has 84 valence electrons. The van der Waals surface area contributed by atoms with Gasteiger partial charge in [-0.15, -0.1) is 0 Å². The van der Waals surface area contributed by atoms with Gasteiger partial charge in [-0.1, -0.05) is 24.9 Å². The summed E-state index contributed by atoms with van der Waals surface area (Å²) in [6.07, 6.45) is 1.99. The Kier molecular flexibility index (Phi) is 4.92. The van der Waals surface area contributed by atoms with Crippen LogP contribution in [0, 0.1) is 0 Å². The molecule has 15 heavy (non-hydrogen) atoms. The lowest BCUT2D eigenvalue weighted by molar-refractivity contribution is 0.339. The number of hydrogen-bond donors (Lipinski definition) is 1. The zero-order chi connectivity index (χ0) is 11.3. The van der Waals surface area contributed by atoms with Gasteiger partial charge in [0.15, 0.2) is 0 Å². The first kappa shape index (κ1) is 12.3. The van der Waals surface area contributed by atoms with E-state index < -0.39 is 0 Å². The van der Waals surface area contributed by atoms with Crippen LogP contribution in [-0.4, -0.2) is 6.61 Å². The predicted octanol–water partition coefficient (Wildman–Crippen LogP) is 3.54. The van der Waals surface area contributed by atoms with Gasteiger partial charge >= 0.3 is 0 Å². The van der Waals surface area contributed by atoms with Crippen LogP contribution < -0.4 is 10.5 Å². The maximum Gasteiger partial charge on any atom is 0.119 e. The highest BCUT2D eigenvalue weighted by Crippen LogP contribution is 2.28. The smallest absolute Gasteiger partial charge is 0.119 e. The van der Waals surface area contributed by atoms with Crippen molar-refractivity contribution in [2.75, 3.05) is 6.61 Å². The topological polar surface area (TPSA) is 35.2 Å². The van der Waals surface area contributed by atoms with Gasteiger partial charge in [0.1, 0.15) is 5.75 Å². The minimum Gasteiger partial charge on any atom is -0.494 e. The molecule has 2 N–H and O–H groups in total. The Hall–Kier alpha value is -0.730. The first-order valence-corrected chi connectivity index (χ1v) is 5.74. The normalized spacial score (nSPS) is 12.5. The fourth-order valence-corrected chi connectivity index (χ4v) is 1.79. The lowest BCUT2D eigenvalue weighted by atomic mass is 10.0. The fraction of sp³-hybridized carbons (Fsp3) is 0.500. The van der Waals surface area contributed by atoms with Crippen molar-refractivity contribution in [1.29, 1.82) is 0 Å². The van der Waals surface area contributed by atoms with E-state index >= 15 is 0 Å². The Morgan fingerprint density at radius 2 is 2.13 bits per heavy atom. The number of ether oxygens (including phenoxy) is 1. The van der Waals surface area contributed by atoms with Gasteiger partial charge in [0.2, 0.25) is 0 Å². The van der Waals surface area contributed by atoms with Crippen LogP contribution in [-0.2, 0) is 0 Å². The third kappa shape index (κ3) is 3.40. The third-order valence-electron chi connectivity index (χ3n) is 2.28. The van der Waals surface area contributed by atoms with Gasteiger partial charge in [0, 0.05) is 11.1 Å². The number of benzene rings is 1. The maximum absolute atomic E-state index is 6.09. The van der Waals surface area contributed by atoms with Crippen molar-refractivity contribution >= 4 is 11.6 Å². The Balaban J connectivity index is 2.89. The second-order valence-corrected chi connectivity index (χ2v) is 3.92. The average molecular weight is 228 g/mol. The van der Waals surface area contributed by atoms with Gasteiger partial charge in [-0.25, -0.2) is 0 Å². The molecule has 1 aromatic carbocycles. The molecule has 2 nitrogen and oxygen atoms in total. The van der Waals surface area contributed by atoms with E-state index in [0.717, 1.165) is 29.2 Å². The summed E-state index contributed by atoms with van der Waals surface area (Å²) in [5.41, 5.74) is 7.01. The number of rotatable bonds is 5. The highest BCUT2D eigenvalue weighted by molar-refractivity contribution is 6.31. The highest BCUT2D eigenvalue weighted by atomic mass is 35.5. The quantitative estimate of drug-likeness (QED) is 0.835. The summed E-state index contributed by atoms with van der Waals surface area (Å²) in [6, 6.07) is 5.65. The van der Waals surface area contributed by atoms with Crippen molar-refractivity contribution in [3.63, 3.8) is 0 Å². The molecule has 0 bridgehead atoms. The summed E-state index contributed by atoms with van der Waals surface area (Å²) in [6.45, 7) is 4.73. The molecule has 0 aromatic heterocycles. The van der Waals surface area contributed by atoms with E-state index in [0.29, 0.717) is 6.61 Å². The standard InChI is InChI=1S/C12H18ClNO/c1-3-5-12(14)10-8-9(15-4-2)6-7-11(10)13/h6-8,12H,3-5,14H2,1-2H3. The molecular weight excluding hydrogens is 210 g/mol. The van der Waals surface area contributed by atoms with Crippen molar-refractivity contribution < 1.29 is 4.74 Å². The van der Waals surface area contributed by atoms with E-state index in [1.165, 1.54) is 0 Å². The van der Waals surface area contributed by atoms with Crippen LogP contribution in [0.4, 0.5) is 0 Å². The summed E-state index contributed by atoms with van der Waals surface area (Å²) < 4.78 is 5.42. The number of hydrogen-bond acceptors (Lipinski definition) is 2. The highest BCUT2D eigenvalue weighted by Gasteiger charge is 2.10. The van der Waals surface area contributed by atoms with Crippen LogP contribution in [0.2, 0.25) is 5.02 Å². The minimum atomic E-state index is 0.00269. The molecule has 0 spiro atoms. The van der Waals surface area contributed by atoms with Crippen molar-refractivity contribution in [3.05, 3.63) is 28.8 Å². The molecule has 0 saturated carbocycles. The molecule has 1 rings (SSSR count). The largest absolute Gasteiger partial charge is 0.494 e. The third-order valence-corrected chi connectivity index (χ3v) is 2.62. The second-order valence-electron chi connectivity index (χ2n) is 3.51. The van der Waals surface area contributed by atoms with Crippen molar-refractivity contribution in [3.8, 4) is 5.75 Å². The molecule has 0 aliphatic carbocycles. The molecule has 3 heteroatoms. The Morgan fingerprint density at radius 1 is 1.40 bits per heavy atom. The molecule has 0 amide bonds. The Bertz CT molecular complexity index is 314. The molecular formula is C12H18ClNO. The molecule has 0 aliphatic heterocycles. The van der Waals surface area contributed by atoms with Gasteiger partial charge in [0.25, 0.3) is 0 Å². The van der Waals surface area contributed by atoms with E-state index in [-0.39, 0.29) is 6.04 Å². The van der Waals surface area contributed by atoms with Crippen molar-refractivity contribution in [2.45, 2.75) is 32.7 Å². The van der Waals surface area contributed by atoms with Gasteiger partial charge in [0.05, 0.1) is 6.61 Å². The number of halogens is 1. The molecule has 1 atom stereocenters. The molecule has 0 heterocycles. The summed E-state index contributed by atoms with van der Waals surface area (Å²) in [5, 5.41) is 0.722. The van der Waals surface area contributed by atoms with Crippen LogP contribution in [0.25, 0.3) is 0 Å². The molecule has 0 fully saturated rings. The first-order valence-electron chi connectivity index (χ1n) is 5.36. The number of nitrogens with two attached hydrogens (primary N) is 1. The van der Waals surface area contributed by atoms with E-state index in [9.17, 15) is 0 Å². The Labute approximate surface area is 96.4 Å². The van der Waals surface area contributed by atoms with Gasteiger partial charge in [-0.3, -0.25) is 0 Å². The predicted molar refractivity (Wildman–Crippen MR) is 64.5 cm³/mol. The lowest BCUT2D eigenvalue weighted by Crippen LogP contribution is -2.10. The maximum atomic E-state index is 6.09. The van der Waals surface area contributed by atoms with Gasteiger partial charge < -0.3 is 10.5 Å². The zero-order valence-electron chi connectivity index (χ0n) is 9.29. The minimum absolute atomic E-state index is 0.00269. The molecule has 0 saturated heterocycles. The van der Waals surface area contributed by atoms with E-state index in [2.05, 4.69) is 6.92 Å². The first-order chi connectivity index (χ1) is 7.19. The second kappa shape index (κ2) is 5.99. The summed E-state index contributed by atoms with van der Waals surface area (Å²) in [4.78, 5) is 0. The van der Waals surface area contributed by atoms with Gasteiger partial charge in [-0.05, 0) is 37.1 Å². The summed E-state index contributed by atoms with van der Waals surface area (Å²) >= 11 is 6.09. The van der Waals surface area contributed by atoms with Crippen LogP contribution in [0.3, 0.4) is 0 Å². The van der Waals surface area contributed by atoms with Gasteiger partial charge in [-0.2, -0.15) is 0 Å². The van der Waals surface area contributed by atoms with Crippen LogP contribution in [0.1, 0.15) is 38.3 Å². The lowest BCUT2D eigenvalue weighted by Gasteiger charge is -2.14. The van der Waals surface area contributed by atoms with Crippen LogP contribution >= 0.6 is 11.6 Å². The molecule has 0 radical (unpaired) electrons.